The van der Waals surface area contributed by atoms with E-state index in [4.69, 9.17) is 9.15 Å². The number of aliphatic hydroxyl groups excluding tert-OH is 1. The van der Waals surface area contributed by atoms with Gasteiger partial charge in [-0.3, -0.25) is 4.90 Å². The van der Waals surface area contributed by atoms with Crippen LogP contribution in [0, 0.1) is 5.82 Å². The van der Waals surface area contributed by atoms with Crippen molar-refractivity contribution in [3.8, 4) is 5.75 Å². The number of furan rings is 1. The first-order valence-electron chi connectivity index (χ1n) is 9.90. The lowest BCUT2D eigenvalue weighted by Gasteiger charge is -2.36. The summed E-state index contributed by atoms with van der Waals surface area (Å²) in [4.78, 5) is 9.05. The number of halogens is 2. The van der Waals surface area contributed by atoms with Crippen molar-refractivity contribution in [3.05, 3.63) is 53.7 Å². The topological polar surface area (TPSA) is 73.5 Å². The number of aliphatic imine (C=N–C) groups is 1. The van der Waals surface area contributed by atoms with Crippen molar-refractivity contribution >= 4 is 29.9 Å². The van der Waals surface area contributed by atoms with Crippen molar-refractivity contribution in [2.75, 3.05) is 46.4 Å². The van der Waals surface area contributed by atoms with Crippen LogP contribution in [0.4, 0.5) is 4.39 Å². The average molecular weight is 532 g/mol. The number of methoxy groups -OCH3 is 1. The van der Waals surface area contributed by atoms with Crippen LogP contribution >= 0.6 is 24.0 Å². The molecule has 3 rings (SSSR count). The Balaban J connectivity index is 0.00000320. The summed E-state index contributed by atoms with van der Waals surface area (Å²) in [5, 5.41) is 13.5. The van der Waals surface area contributed by atoms with Gasteiger partial charge in [-0.2, -0.15) is 0 Å². The molecular formula is C21H30FIN4O3. The van der Waals surface area contributed by atoms with E-state index in [9.17, 15) is 9.50 Å². The summed E-state index contributed by atoms with van der Waals surface area (Å²) in [7, 11) is 1.47. The summed E-state index contributed by atoms with van der Waals surface area (Å²) in [6, 6.07) is 8.60. The second-order valence-electron chi connectivity index (χ2n) is 6.96. The van der Waals surface area contributed by atoms with Crippen LogP contribution in [-0.4, -0.2) is 67.2 Å². The van der Waals surface area contributed by atoms with Gasteiger partial charge in [0.05, 0.1) is 19.9 Å². The maximum atomic E-state index is 13.9. The van der Waals surface area contributed by atoms with E-state index in [0.29, 0.717) is 12.3 Å². The van der Waals surface area contributed by atoms with Crippen molar-refractivity contribution < 1.29 is 18.7 Å². The van der Waals surface area contributed by atoms with Gasteiger partial charge in [-0.05, 0) is 36.8 Å². The van der Waals surface area contributed by atoms with E-state index in [-0.39, 0.29) is 42.1 Å². The molecule has 0 amide bonds. The molecular weight excluding hydrogens is 502 g/mol. The molecule has 166 valence electrons. The van der Waals surface area contributed by atoms with Crippen LogP contribution in [0.3, 0.4) is 0 Å². The summed E-state index contributed by atoms with van der Waals surface area (Å²) in [5.74, 6) is 1.23. The van der Waals surface area contributed by atoms with Crippen molar-refractivity contribution in [1.29, 1.82) is 0 Å². The summed E-state index contributed by atoms with van der Waals surface area (Å²) in [6.45, 7) is 7.01. The SMILES string of the molecule is CCNC(=NCC(O)c1ccco1)N1CCN(Cc2ccc(OC)c(F)c2)CC1.I. The predicted molar refractivity (Wildman–Crippen MR) is 125 cm³/mol. The fourth-order valence-corrected chi connectivity index (χ4v) is 3.35. The number of nitrogens with one attached hydrogen (secondary N) is 1. The van der Waals surface area contributed by atoms with Crippen LogP contribution in [0.1, 0.15) is 24.4 Å². The van der Waals surface area contributed by atoms with Gasteiger partial charge in [0, 0.05) is 39.3 Å². The Bertz CT molecular complexity index is 796. The maximum absolute atomic E-state index is 13.9. The van der Waals surface area contributed by atoms with Crippen molar-refractivity contribution in [2.45, 2.75) is 19.6 Å². The van der Waals surface area contributed by atoms with Crippen LogP contribution in [0.15, 0.2) is 46.0 Å². The first-order chi connectivity index (χ1) is 14.1. The molecule has 1 aliphatic heterocycles. The number of rotatable bonds is 7. The maximum Gasteiger partial charge on any atom is 0.194 e. The van der Waals surface area contributed by atoms with Gasteiger partial charge in [0.2, 0.25) is 0 Å². The molecule has 7 nitrogen and oxygen atoms in total. The van der Waals surface area contributed by atoms with Crippen molar-refractivity contribution in [2.24, 2.45) is 4.99 Å². The third-order valence-corrected chi connectivity index (χ3v) is 4.91. The Hall–Kier alpha value is -1.85. The minimum atomic E-state index is -0.759. The molecule has 1 atom stereocenters. The molecule has 2 heterocycles. The van der Waals surface area contributed by atoms with E-state index in [1.165, 1.54) is 13.2 Å². The highest BCUT2D eigenvalue weighted by Crippen LogP contribution is 2.19. The minimum Gasteiger partial charge on any atom is -0.494 e. The highest BCUT2D eigenvalue weighted by Gasteiger charge is 2.20. The van der Waals surface area contributed by atoms with Gasteiger partial charge in [0.25, 0.3) is 0 Å². The molecule has 30 heavy (non-hydrogen) atoms. The van der Waals surface area contributed by atoms with Crippen LogP contribution in [0.25, 0.3) is 0 Å². The highest BCUT2D eigenvalue weighted by molar-refractivity contribution is 14.0. The molecule has 0 bridgehead atoms. The highest BCUT2D eigenvalue weighted by atomic mass is 127. The molecule has 1 aromatic carbocycles. The summed E-state index contributed by atoms with van der Waals surface area (Å²) < 4.78 is 24.1. The van der Waals surface area contributed by atoms with Gasteiger partial charge in [0.15, 0.2) is 17.5 Å². The lowest BCUT2D eigenvalue weighted by Crippen LogP contribution is -2.52. The second kappa shape index (κ2) is 12.1. The van der Waals surface area contributed by atoms with Crippen molar-refractivity contribution in [1.82, 2.24) is 15.1 Å². The fourth-order valence-electron chi connectivity index (χ4n) is 3.35. The molecule has 0 saturated carbocycles. The van der Waals surface area contributed by atoms with Gasteiger partial charge < -0.3 is 24.5 Å². The summed E-state index contributed by atoms with van der Waals surface area (Å²) in [6.07, 6.45) is 0.784. The molecule has 2 N–H and O–H groups in total. The number of hydrogen-bond acceptors (Lipinski definition) is 5. The van der Waals surface area contributed by atoms with E-state index >= 15 is 0 Å². The van der Waals surface area contributed by atoms with Gasteiger partial charge >= 0.3 is 0 Å². The van der Waals surface area contributed by atoms with Gasteiger partial charge in [-0.25, -0.2) is 9.38 Å². The minimum absolute atomic E-state index is 0. The van der Waals surface area contributed by atoms with Gasteiger partial charge in [-0.15, -0.1) is 24.0 Å². The van der Waals surface area contributed by atoms with Crippen LogP contribution in [0.2, 0.25) is 0 Å². The molecule has 2 aromatic rings. The van der Waals surface area contributed by atoms with Crippen LogP contribution in [0.5, 0.6) is 5.75 Å². The quantitative estimate of drug-likeness (QED) is 0.325. The van der Waals surface area contributed by atoms with Gasteiger partial charge in [-0.1, -0.05) is 6.07 Å². The molecule has 1 unspecified atom stereocenters. The number of guanidine groups is 1. The fraction of sp³-hybridized carbons (Fsp3) is 0.476. The van der Waals surface area contributed by atoms with Gasteiger partial charge in [0.1, 0.15) is 11.9 Å². The van der Waals surface area contributed by atoms with E-state index in [1.807, 2.05) is 13.0 Å². The Morgan fingerprint density at radius 3 is 2.67 bits per heavy atom. The van der Waals surface area contributed by atoms with Crippen molar-refractivity contribution in [3.63, 3.8) is 0 Å². The molecule has 0 spiro atoms. The predicted octanol–water partition coefficient (Wildman–Crippen LogP) is 2.86. The number of piperazine rings is 1. The number of benzene rings is 1. The van der Waals surface area contributed by atoms with Crippen LogP contribution < -0.4 is 10.1 Å². The third kappa shape index (κ3) is 6.58. The molecule has 9 heteroatoms. The Morgan fingerprint density at radius 2 is 2.07 bits per heavy atom. The molecule has 1 aliphatic rings. The Kier molecular flexibility index (Phi) is 9.86. The summed E-state index contributed by atoms with van der Waals surface area (Å²) >= 11 is 0. The molecule has 1 aromatic heterocycles. The monoisotopic (exact) mass is 532 g/mol. The molecule has 0 radical (unpaired) electrons. The summed E-state index contributed by atoms with van der Waals surface area (Å²) in [5.41, 5.74) is 0.930. The normalized spacial score (nSPS) is 16.1. The molecule has 1 saturated heterocycles. The third-order valence-electron chi connectivity index (χ3n) is 4.91. The first kappa shape index (κ1) is 24.4. The van der Waals surface area contributed by atoms with E-state index in [0.717, 1.165) is 44.2 Å². The zero-order valence-electron chi connectivity index (χ0n) is 17.4. The Labute approximate surface area is 193 Å². The first-order valence-corrected chi connectivity index (χ1v) is 9.90. The lowest BCUT2D eigenvalue weighted by molar-refractivity contribution is 0.155. The zero-order valence-corrected chi connectivity index (χ0v) is 19.7. The zero-order chi connectivity index (χ0) is 20.6. The number of hydrogen-bond donors (Lipinski definition) is 2. The number of ether oxygens (including phenoxy) is 1. The molecule has 1 fully saturated rings. The smallest absolute Gasteiger partial charge is 0.194 e. The average Bonchev–Trinajstić information content (AvgIpc) is 3.27. The Morgan fingerprint density at radius 1 is 1.30 bits per heavy atom. The standard InChI is InChI=1S/C21H29FN4O3.HI/c1-3-23-21(24-14-18(27)20-5-4-12-29-20)26-10-8-25(9-11-26)15-16-6-7-19(28-2)17(22)13-16;/h4-7,12-13,18,27H,3,8-11,14-15H2,1-2H3,(H,23,24);1H. The largest absolute Gasteiger partial charge is 0.494 e. The molecule has 0 aliphatic carbocycles. The van der Waals surface area contributed by atoms with E-state index in [2.05, 4.69) is 20.1 Å². The second-order valence-corrected chi connectivity index (χ2v) is 6.96. The lowest BCUT2D eigenvalue weighted by atomic mass is 10.2. The van der Waals surface area contributed by atoms with E-state index in [1.54, 1.807) is 24.5 Å². The number of nitrogens with zero attached hydrogens (tertiary/aromatic N) is 3. The van der Waals surface area contributed by atoms with Crippen LogP contribution in [-0.2, 0) is 6.54 Å². The van der Waals surface area contributed by atoms with E-state index < -0.39 is 6.10 Å². The number of aliphatic hydroxyl groups is 1.